The summed E-state index contributed by atoms with van der Waals surface area (Å²) in [5.41, 5.74) is 0.765. The molecule has 0 saturated carbocycles. The molecule has 18 heavy (non-hydrogen) atoms. The number of rotatable bonds is 7. The Hall–Kier alpha value is -1.07. The number of hydrogen-bond acceptors (Lipinski definition) is 3. The van der Waals surface area contributed by atoms with Gasteiger partial charge in [-0.05, 0) is 31.0 Å². The van der Waals surface area contributed by atoms with Crippen LogP contribution in [-0.4, -0.2) is 19.6 Å². The van der Waals surface area contributed by atoms with Gasteiger partial charge in [-0.25, -0.2) is 0 Å². The third-order valence-electron chi connectivity index (χ3n) is 2.63. The van der Waals surface area contributed by atoms with E-state index in [1.807, 2.05) is 0 Å². The molecule has 0 radical (unpaired) electrons. The molecule has 102 valence electrons. The summed E-state index contributed by atoms with van der Waals surface area (Å²) in [5.74, 6) is 0.222. The van der Waals surface area contributed by atoms with E-state index in [1.54, 1.807) is 19.1 Å². The Labute approximate surface area is 109 Å². The van der Waals surface area contributed by atoms with E-state index in [0.29, 0.717) is 6.61 Å². The summed E-state index contributed by atoms with van der Waals surface area (Å²) in [6.07, 6.45) is 4.22. The van der Waals surface area contributed by atoms with E-state index in [4.69, 9.17) is 9.29 Å². The Morgan fingerprint density at radius 3 is 2.56 bits per heavy atom. The lowest BCUT2D eigenvalue weighted by Crippen LogP contribution is -2.05. The van der Waals surface area contributed by atoms with Crippen LogP contribution in [0.4, 0.5) is 0 Å². The van der Waals surface area contributed by atoms with Gasteiger partial charge in [0.25, 0.3) is 10.1 Å². The predicted octanol–water partition coefficient (Wildman–Crippen LogP) is 3.20. The van der Waals surface area contributed by atoms with Crippen molar-refractivity contribution in [2.45, 2.75) is 44.4 Å². The Balaban J connectivity index is 2.71. The molecular formula is C13H20O4S. The third-order valence-corrected chi connectivity index (χ3v) is 3.51. The third kappa shape index (κ3) is 4.66. The molecular weight excluding hydrogens is 252 g/mol. The van der Waals surface area contributed by atoms with Gasteiger partial charge in [-0.1, -0.05) is 32.3 Å². The molecule has 4 nitrogen and oxygen atoms in total. The Kier molecular flexibility index (Phi) is 5.62. The second-order valence-corrected chi connectivity index (χ2v) is 5.72. The minimum absolute atomic E-state index is 0.155. The molecule has 0 amide bonds. The van der Waals surface area contributed by atoms with Crippen LogP contribution in [0.25, 0.3) is 0 Å². The first-order valence-electron chi connectivity index (χ1n) is 6.16. The fourth-order valence-corrected chi connectivity index (χ4v) is 2.36. The zero-order valence-corrected chi connectivity index (χ0v) is 11.7. The lowest BCUT2D eigenvalue weighted by Gasteiger charge is -2.10. The van der Waals surface area contributed by atoms with Crippen molar-refractivity contribution in [3.8, 4) is 5.75 Å². The van der Waals surface area contributed by atoms with Crippen molar-refractivity contribution in [3.63, 3.8) is 0 Å². The first kappa shape index (κ1) is 15.0. The number of unbranched alkanes of at least 4 members (excludes halogenated alkanes) is 3. The zero-order chi connectivity index (χ0) is 13.6. The van der Waals surface area contributed by atoms with Gasteiger partial charge in [0.05, 0.1) is 6.61 Å². The summed E-state index contributed by atoms with van der Waals surface area (Å²) < 4.78 is 37.0. The van der Waals surface area contributed by atoms with E-state index in [-0.39, 0.29) is 10.6 Å². The van der Waals surface area contributed by atoms with E-state index >= 15 is 0 Å². The molecule has 0 unspecified atom stereocenters. The van der Waals surface area contributed by atoms with Crippen molar-refractivity contribution in [1.82, 2.24) is 0 Å². The molecule has 0 saturated heterocycles. The first-order valence-corrected chi connectivity index (χ1v) is 7.60. The highest BCUT2D eigenvalue weighted by atomic mass is 32.2. The molecule has 1 rings (SSSR count). The second kappa shape index (κ2) is 6.75. The molecule has 0 heterocycles. The fraction of sp³-hybridized carbons (Fsp3) is 0.538. The van der Waals surface area contributed by atoms with Crippen LogP contribution < -0.4 is 4.74 Å². The number of benzene rings is 1. The van der Waals surface area contributed by atoms with Gasteiger partial charge in [-0.3, -0.25) is 4.55 Å². The highest BCUT2D eigenvalue weighted by molar-refractivity contribution is 7.86. The molecule has 0 aliphatic carbocycles. The smallest absolute Gasteiger partial charge is 0.298 e. The summed E-state index contributed by atoms with van der Waals surface area (Å²) in [4.78, 5) is -0.155. The van der Waals surface area contributed by atoms with Crippen molar-refractivity contribution in [2.75, 3.05) is 6.61 Å². The molecule has 1 N–H and O–H groups in total. The van der Waals surface area contributed by atoms with Gasteiger partial charge >= 0.3 is 0 Å². The van der Waals surface area contributed by atoms with E-state index in [9.17, 15) is 8.42 Å². The van der Waals surface area contributed by atoms with Gasteiger partial charge in [-0.2, -0.15) is 8.42 Å². The maximum atomic E-state index is 11.2. The van der Waals surface area contributed by atoms with Gasteiger partial charge in [0.2, 0.25) is 0 Å². The molecule has 5 heteroatoms. The largest absolute Gasteiger partial charge is 0.492 e. The molecule has 0 atom stereocenters. The lowest BCUT2D eigenvalue weighted by atomic mass is 10.2. The maximum Gasteiger partial charge on any atom is 0.298 e. The SMILES string of the molecule is CCCCCCOc1ccc(C)cc1S(=O)(=O)O. The van der Waals surface area contributed by atoms with Gasteiger partial charge in [-0.15, -0.1) is 0 Å². The number of hydrogen-bond donors (Lipinski definition) is 1. The molecule has 0 aromatic heterocycles. The average molecular weight is 272 g/mol. The van der Waals surface area contributed by atoms with E-state index in [2.05, 4.69) is 6.92 Å². The van der Waals surface area contributed by atoms with Crippen molar-refractivity contribution in [3.05, 3.63) is 23.8 Å². The minimum Gasteiger partial charge on any atom is -0.492 e. The first-order chi connectivity index (χ1) is 8.45. The number of ether oxygens (including phenoxy) is 1. The van der Waals surface area contributed by atoms with Gasteiger partial charge in [0.15, 0.2) is 0 Å². The van der Waals surface area contributed by atoms with Crippen LogP contribution in [0.1, 0.15) is 38.2 Å². The van der Waals surface area contributed by atoms with Gasteiger partial charge in [0, 0.05) is 0 Å². The van der Waals surface area contributed by atoms with Crippen LogP contribution in [-0.2, 0) is 10.1 Å². The van der Waals surface area contributed by atoms with Crippen LogP contribution in [0, 0.1) is 6.92 Å². The highest BCUT2D eigenvalue weighted by Crippen LogP contribution is 2.25. The average Bonchev–Trinajstić information content (AvgIpc) is 2.29. The highest BCUT2D eigenvalue weighted by Gasteiger charge is 2.16. The second-order valence-electron chi connectivity index (χ2n) is 4.33. The molecule has 1 aromatic rings. The monoisotopic (exact) mass is 272 g/mol. The van der Waals surface area contributed by atoms with Crippen molar-refractivity contribution >= 4 is 10.1 Å². The Morgan fingerprint density at radius 2 is 1.94 bits per heavy atom. The van der Waals surface area contributed by atoms with Gasteiger partial charge in [0.1, 0.15) is 10.6 Å². The molecule has 1 aromatic carbocycles. The molecule has 0 aliphatic heterocycles. The normalized spacial score (nSPS) is 11.5. The Bertz CT molecular complexity index is 480. The summed E-state index contributed by atoms with van der Waals surface area (Å²) in [5, 5.41) is 0. The van der Waals surface area contributed by atoms with E-state index in [1.165, 1.54) is 6.07 Å². The van der Waals surface area contributed by atoms with Crippen molar-refractivity contribution in [1.29, 1.82) is 0 Å². The fourth-order valence-electron chi connectivity index (χ4n) is 1.65. The van der Waals surface area contributed by atoms with Crippen LogP contribution >= 0.6 is 0 Å². The number of aryl methyl sites for hydroxylation is 1. The summed E-state index contributed by atoms with van der Waals surface area (Å²) in [6.45, 7) is 4.35. The molecule has 0 bridgehead atoms. The summed E-state index contributed by atoms with van der Waals surface area (Å²) >= 11 is 0. The van der Waals surface area contributed by atoms with Crippen LogP contribution in [0.15, 0.2) is 23.1 Å². The zero-order valence-electron chi connectivity index (χ0n) is 10.8. The van der Waals surface area contributed by atoms with Crippen LogP contribution in [0.5, 0.6) is 5.75 Å². The summed E-state index contributed by atoms with van der Waals surface area (Å²) in [6, 6.07) is 4.75. The van der Waals surface area contributed by atoms with Crippen molar-refractivity contribution < 1.29 is 17.7 Å². The van der Waals surface area contributed by atoms with Crippen molar-refractivity contribution in [2.24, 2.45) is 0 Å². The van der Waals surface area contributed by atoms with Crippen LogP contribution in [0.2, 0.25) is 0 Å². The lowest BCUT2D eigenvalue weighted by molar-refractivity contribution is 0.296. The topological polar surface area (TPSA) is 63.6 Å². The summed E-state index contributed by atoms with van der Waals surface area (Å²) in [7, 11) is -4.23. The van der Waals surface area contributed by atoms with Gasteiger partial charge < -0.3 is 4.74 Å². The standard InChI is InChI=1S/C13H20O4S/c1-3-4-5-6-9-17-12-8-7-11(2)10-13(12)18(14,15)16/h7-8,10H,3-6,9H2,1-2H3,(H,14,15,16). The molecule has 0 spiro atoms. The molecule has 0 aliphatic rings. The maximum absolute atomic E-state index is 11.2. The van der Waals surface area contributed by atoms with Crippen LogP contribution in [0.3, 0.4) is 0 Å². The predicted molar refractivity (Wildman–Crippen MR) is 70.6 cm³/mol. The Morgan fingerprint density at radius 1 is 1.22 bits per heavy atom. The van der Waals surface area contributed by atoms with E-state index in [0.717, 1.165) is 31.2 Å². The van der Waals surface area contributed by atoms with E-state index < -0.39 is 10.1 Å². The minimum atomic E-state index is -4.23. The molecule has 0 fully saturated rings. The quantitative estimate of drug-likeness (QED) is 0.611.